The standard InChI is InChI=1S/C18H37N3.C2H6/c1-5-10-20-11-6-17(7-12-20)15-21-13-8-18(9-14-21)19(4)16(2)3;1-2/h16-18H,5-15H2,1-4H3;1-2H3. The minimum absolute atomic E-state index is 0.685. The summed E-state index contributed by atoms with van der Waals surface area (Å²) in [5.74, 6) is 0.956. The zero-order chi connectivity index (χ0) is 17.2. The lowest BCUT2D eigenvalue weighted by molar-refractivity contribution is 0.0843. The molecule has 0 aliphatic carbocycles. The number of hydrogen-bond donors (Lipinski definition) is 0. The van der Waals surface area contributed by atoms with Crippen LogP contribution in [0.4, 0.5) is 0 Å². The molecule has 2 fully saturated rings. The van der Waals surface area contributed by atoms with E-state index in [0.29, 0.717) is 6.04 Å². The smallest absolute Gasteiger partial charge is 0.0119 e. The van der Waals surface area contributed by atoms with Crippen LogP contribution in [-0.2, 0) is 0 Å². The van der Waals surface area contributed by atoms with Crippen LogP contribution in [0.2, 0.25) is 0 Å². The van der Waals surface area contributed by atoms with Crippen molar-refractivity contribution in [1.82, 2.24) is 14.7 Å². The van der Waals surface area contributed by atoms with Gasteiger partial charge in [0.05, 0.1) is 0 Å². The first-order valence-corrected chi connectivity index (χ1v) is 10.3. The lowest BCUT2D eigenvalue weighted by Gasteiger charge is -2.40. The second kappa shape index (κ2) is 11.4. The summed E-state index contributed by atoms with van der Waals surface area (Å²) in [5.41, 5.74) is 0. The van der Waals surface area contributed by atoms with Gasteiger partial charge in [0.2, 0.25) is 0 Å². The monoisotopic (exact) mass is 325 g/mol. The van der Waals surface area contributed by atoms with Crippen molar-refractivity contribution in [3.8, 4) is 0 Å². The molecule has 0 N–H and O–H groups in total. The highest BCUT2D eigenvalue weighted by molar-refractivity contribution is 4.82. The minimum atomic E-state index is 0.685. The Bertz CT molecular complexity index is 277. The van der Waals surface area contributed by atoms with E-state index in [1.807, 2.05) is 13.8 Å². The van der Waals surface area contributed by atoms with Crippen LogP contribution < -0.4 is 0 Å². The average Bonchev–Trinajstić information content (AvgIpc) is 2.59. The highest BCUT2D eigenvalue weighted by Gasteiger charge is 2.26. The van der Waals surface area contributed by atoms with Gasteiger partial charge in [-0.2, -0.15) is 0 Å². The molecule has 2 heterocycles. The van der Waals surface area contributed by atoms with Crippen molar-refractivity contribution in [2.24, 2.45) is 5.92 Å². The highest BCUT2D eigenvalue weighted by Crippen LogP contribution is 2.22. The Kier molecular flexibility index (Phi) is 10.4. The van der Waals surface area contributed by atoms with E-state index < -0.39 is 0 Å². The van der Waals surface area contributed by atoms with Crippen LogP contribution in [0.15, 0.2) is 0 Å². The lowest BCUT2D eigenvalue weighted by Crippen LogP contribution is -2.47. The molecule has 2 rings (SSSR count). The Morgan fingerprint density at radius 1 is 0.913 bits per heavy atom. The zero-order valence-electron chi connectivity index (χ0n) is 16.9. The summed E-state index contributed by atoms with van der Waals surface area (Å²) < 4.78 is 0. The molecule has 0 saturated carbocycles. The van der Waals surface area contributed by atoms with Crippen molar-refractivity contribution in [2.75, 3.05) is 46.3 Å². The molecular weight excluding hydrogens is 282 g/mol. The van der Waals surface area contributed by atoms with Gasteiger partial charge in [0, 0.05) is 18.6 Å². The van der Waals surface area contributed by atoms with Crippen molar-refractivity contribution in [3.05, 3.63) is 0 Å². The maximum absolute atomic E-state index is 2.74. The third-order valence-corrected chi connectivity index (χ3v) is 5.71. The largest absolute Gasteiger partial charge is 0.303 e. The molecule has 0 bridgehead atoms. The fourth-order valence-electron chi connectivity index (χ4n) is 4.00. The van der Waals surface area contributed by atoms with Gasteiger partial charge in [-0.25, -0.2) is 0 Å². The molecule has 23 heavy (non-hydrogen) atoms. The maximum Gasteiger partial charge on any atom is 0.0119 e. The molecule has 3 nitrogen and oxygen atoms in total. The van der Waals surface area contributed by atoms with Gasteiger partial charge < -0.3 is 14.7 Å². The molecule has 2 aliphatic rings. The molecule has 0 aromatic heterocycles. The normalized spacial score (nSPS) is 22.4. The van der Waals surface area contributed by atoms with Gasteiger partial charge >= 0.3 is 0 Å². The number of piperidine rings is 2. The van der Waals surface area contributed by atoms with E-state index in [1.54, 1.807) is 0 Å². The van der Waals surface area contributed by atoms with Crippen LogP contribution in [0.5, 0.6) is 0 Å². The van der Waals surface area contributed by atoms with Crippen LogP contribution in [0.1, 0.15) is 66.7 Å². The number of likely N-dealkylation sites (tertiary alicyclic amines) is 2. The van der Waals surface area contributed by atoms with E-state index in [2.05, 4.69) is 42.5 Å². The lowest BCUT2D eigenvalue weighted by atomic mass is 9.94. The topological polar surface area (TPSA) is 9.72 Å². The molecule has 0 spiro atoms. The van der Waals surface area contributed by atoms with Gasteiger partial charge in [-0.1, -0.05) is 20.8 Å². The molecule has 0 radical (unpaired) electrons. The molecule has 3 heteroatoms. The molecule has 0 atom stereocenters. The van der Waals surface area contributed by atoms with Gasteiger partial charge in [-0.3, -0.25) is 0 Å². The van der Waals surface area contributed by atoms with Crippen LogP contribution in [0.25, 0.3) is 0 Å². The van der Waals surface area contributed by atoms with Crippen molar-refractivity contribution in [3.63, 3.8) is 0 Å². The van der Waals surface area contributed by atoms with Crippen LogP contribution >= 0.6 is 0 Å². The number of nitrogens with zero attached hydrogens (tertiary/aromatic N) is 3. The average molecular weight is 326 g/mol. The maximum atomic E-state index is 2.74. The summed E-state index contributed by atoms with van der Waals surface area (Å²) in [6, 6.07) is 1.50. The third kappa shape index (κ3) is 7.11. The van der Waals surface area contributed by atoms with E-state index in [4.69, 9.17) is 0 Å². The first-order valence-electron chi connectivity index (χ1n) is 10.3. The Morgan fingerprint density at radius 2 is 1.43 bits per heavy atom. The van der Waals surface area contributed by atoms with Crippen LogP contribution in [0.3, 0.4) is 0 Å². The first kappa shape index (κ1) is 20.9. The molecule has 0 aromatic rings. The molecule has 0 aromatic carbocycles. The summed E-state index contributed by atoms with van der Waals surface area (Å²) in [6.45, 7) is 18.9. The van der Waals surface area contributed by atoms with E-state index in [1.165, 1.54) is 71.4 Å². The van der Waals surface area contributed by atoms with Crippen LogP contribution in [0, 0.1) is 5.92 Å². The van der Waals surface area contributed by atoms with Crippen molar-refractivity contribution >= 4 is 0 Å². The number of hydrogen-bond acceptors (Lipinski definition) is 3. The highest BCUT2D eigenvalue weighted by atomic mass is 15.2. The second-order valence-corrected chi connectivity index (χ2v) is 7.58. The van der Waals surface area contributed by atoms with Crippen molar-refractivity contribution < 1.29 is 0 Å². The van der Waals surface area contributed by atoms with Gasteiger partial charge in [0.15, 0.2) is 0 Å². The van der Waals surface area contributed by atoms with Gasteiger partial charge in [-0.05, 0) is 91.6 Å². The minimum Gasteiger partial charge on any atom is -0.303 e. The first-order chi connectivity index (χ1) is 11.1. The molecule has 138 valence electrons. The van der Waals surface area contributed by atoms with E-state index >= 15 is 0 Å². The predicted octanol–water partition coefficient (Wildman–Crippen LogP) is 3.94. The van der Waals surface area contributed by atoms with Gasteiger partial charge in [0.25, 0.3) is 0 Å². The summed E-state index contributed by atoms with van der Waals surface area (Å²) in [7, 11) is 2.30. The Balaban J connectivity index is 0.00000127. The summed E-state index contributed by atoms with van der Waals surface area (Å²) in [6.07, 6.45) is 6.88. The molecule has 0 amide bonds. The molecular formula is C20H43N3. The van der Waals surface area contributed by atoms with E-state index in [0.717, 1.165) is 12.0 Å². The SMILES string of the molecule is CC.CCCN1CCC(CN2CCC(N(C)C(C)C)CC2)CC1. The zero-order valence-corrected chi connectivity index (χ0v) is 16.9. The Hall–Kier alpha value is -0.120. The molecule has 2 aliphatic heterocycles. The molecule has 0 unspecified atom stereocenters. The van der Waals surface area contributed by atoms with Gasteiger partial charge in [-0.15, -0.1) is 0 Å². The van der Waals surface area contributed by atoms with Crippen molar-refractivity contribution in [2.45, 2.75) is 78.8 Å². The number of rotatable bonds is 6. The van der Waals surface area contributed by atoms with E-state index in [9.17, 15) is 0 Å². The Labute approximate surface area is 146 Å². The third-order valence-electron chi connectivity index (χ3n) is 5.71. The predicted molar refractivity (Wildman–Crippen MR) is 103 cm³/mol. The van der Waals surface area contributed by atoms with Crippen molar-refractivity contribution in [1.29, 1.82) is 0 Å². The fraction of sp³-hybridized carbons (Fsp3) is 1.00. The Morgan fingerprint density at radius 3 is 1.91 bits per heavy atom. The van der Waals surface area contributed by atoms with Gasteiger partial charge in [0.1, 0.15) is 0 Å². The fourth-order valence-corrected chi connectivity index (χ4v) is 4.00. The van der Waals surface area contributed by atoms with Crippen LogP contribution in [-0.4, -0.2) is 73.1 Å². The summed E-state index contributed by atoms with van der Waals surface area (Å²) in [4.78, 5) is 7.96. The second-order valence-electron chi connectivity index (χ2n) is 7.58. The summed E-state index contributed by atoms with van der Waals surface area (Å²) in [5, 5.41) is 0. The molecule has 2 saturated heterocycles. The quantitative estimate of drug-likeness (QED) is 0.732. The summed E-state index contributed by atoms with van der Waals surface area (Å²) >= 11 is 0. The van der Waals surface area contributed by atoms with E-state index in [-0.39, 0.29) is 0 Å².